The number of benzene rings is 2. The minimum absolute atomic E-state index is 0.375. The number of hydrogen-bond acceptors (Lipinski definition) is 3. The Balaban J connectivity index is 1.84. The van der Waals surface area contributed by atoms with E-state index in [4.69, 9.17) is 25.8 Å². The summed E-state index contributed by atoms with van der Waals surface area (Å²) in [7, 11) is 1.62. The second kappa shape index (κ2) is 8.15. The Hall–Kier alpha value is -1.39. The molecule has 0 aliphatic rings. The summed E-state index contributed by atoms with van der Waals surface area (Å²) in [5.41, 5.74) is 0.902. The van der Waals surface area contributed by atoms with Crippen LogP contribution in [-0.4, -0.2) is 20.3 Å². The lowest BCUT2D eigenvalue weighted by atomic mass is 10.2. The van der Waals surface area contributed by atoms with E-state index >= 15 is 0 Å². The molecule has 0 spiro atoms. The SMILES string of the molecule is COc1ccc(OCCOc2ccc(Br)cc2)c(CCl)c1. The van der Waals surface area contributed by atoms with E-state index in [1.165, 1.54) is 0 Å². The van der Waals surface area contributed by atoms with Crippen molar-refractivity contribution in [2.24, 2.45) is 0 Å². The molecule has 0 fully saturated rings. The molecule has 0 saturated heterocycles. The first kappa shape index (κ1) is 16.0. The lowest BCUT2D eigenvalue weighted by molar-refractivity contribution is 0.216. The van der Waals surface area contributed by atoms with Crippen molar-refractivity contribution in [2.75, 3.05) is 20.3 Å². The van der Waals surface area contributed by atoms with Gasteiger partial charge in [-0.05, 0) is 42.5 Å². The zero-order valence-corrected chi connectivity index (χ0v) is 14.0. The van der Waals surface area contributed by atoms with Crippen molar-refractivity contribution in [1.29, 1.82) is 0 Å². The molecule has 2 rings (SSSR count). The number of rotatable bonds is 7. The van der Waals surface area contributed by atoms with Crippen LogP contribution >= 0.6 is 27.5 Å². The fourth-order valence-electron chi connectivity index (χ4n) is 1.77. The van der Waals surface area contributed by atoms with E-state index in [2.05, 4.69) is 15.9 Å². The van der Waals surface area contributed by atoms with Gasteiger partial charge in [0.15, 0.2) is 0 Å². The Bertz CT molecular complexity index is 572. The Morgan fingerprint density at radius 1 is 0.952 bits per heavy atom. The molecule has 0 aliphatic carbocycles. The second-order valence-corrected chi connectivity index (χ2v) is 5.44. The van der Waals surface area contributed by atoms with E-state index in [0.29, 0.717) is 19.1 Å². The summed E-state index contributed by atoms with van der Waals surface area (Å²) in [5.74, 6) is 2.71. The highest BCUT2D eigenvalue weighted by atomic mass is 79.9. The van der Waals surface area contributed by atoms with Crippen molar-refractivity contribution in [3.63, 3.8) is 0 Å². The molecule has 5 heteroatoms. The number of methoxy groups -OCH3 is 1. The fraction of sp³-hybridized carbons (Fsp3) is 0.250. The molecule has 0 bridgehead atoms. The molecule has 2 aromatic rings. The highest BCUT2D eigenvalue weighted by Crippen LogP contribution is 2.25. The first-order valence-corrected chi connectivity index (χ1v) is 7.79. The van der Waals surface area contributed by atoms with Crippen LogP contribution < -0.4 is 14.2 Å². The van der Waals surface area contributed by atoms with Crippen LogP contribution in [0.2, 0.25) is 0 Å². The van der Waals surface area contributed by atoms with Crippen molar-refractivity contribution in [2.45, 2.75) is 5.88 Å². The molecule has 0 unspecified atom stereocenters. The predicted molar refractivity (Wildman–Crippen MR) is 87.7 cm³/mol. The molecule has 2 aromatic carbocycles. The number of ether oxygens (including phenoxy) is 3. The van der Waals surface area contributed by atoms with Gasteiger partial charge in [0.2, 0.25) is 0 Å². The van der Waals surface area contributed by atoms with Crippen LogP contribution in [0, 0.1) is 0 Å². The van der Waals surface area contributed by atoms with E-state index < -0.39 is 0 Å². The molecule has 3 nitrogen and oxygen atoms in total. The quantitative estimate of drug-likeness (QED) is 0.523. The molecule has 0 saturated carbocycles. The van der Waals surface area contributed by atoms with Gasteiger partial charge in [-0.2, -0.15) is 0 Å². The first-order valence-electron chi connectivity index (χ1n) is 6.47. The largest absolute Gasteiger partial charge is 0.497 e. The standard InChI is InChI=1S/C16H16BrClO3/c1-19-15-6-7-16(12(10-15)11-18)21-9-8-20-14-4-2-13(17)3-5-14/h2-7,10H,8-9,11H2,1H3. The molecule has 21 heavy (non-hydrogen) atoms. The van der Waals surface area contributed by atoms with Gasteiger partial charge in [0, 0.05) is 10.0 Å². The van der Waals surface area contributed by atoms with Gasteiger partial charge in [0.05, 0.1) is 13.0 Å². The molecule has 0 amide bonds. The van der Waals surface area contributed by atoms with Crippen molar-refractivity contribution in [3.8, 4) is 17.2 Å². The second-order valence-electron chi connectivity index (χ2n) is 4.26. The van der Waals surface area contributed by atoms with Gasteiger partial charge in [0.1, 0.15) is 30.5 Å². The minimum Gasteiger partial charge on any atom is -0.497 e. The molecule has 112 valence electrons. The zero-order valence-electron chi connectivity index (χ0n) is 11.6. The summed E-state index contributed by atoms with van der Waals surface area (Å²) < 4.78 is 17.5. The van der Waals surface area contributed by atoms with Gasteiger partial charge in [-0.3, -0.25) is 0 Å². The summed E-state index contributed by atoms with van der Waals surface area (Å²) in [6, 6.07) is 13.3. The third kappa shape index (κ3) is 4.83. The third-order valence-electron chi connectivity index (χ3n) is 2.83. The predicted octanol–water partition coefficient (Wildman–Crippen LogP) is 4.65. The van der Waals surface area contributed by atoms with Crippen LogP contribution in [-0.2, 0) is 5.88 Å². The molecule has 0 aromatic heterocycles. The van der Waals surface area contributed by atoms with E-state index in [9.17, 15) is 0 Å². The average molecular weight is 372 g/mol. The van der Waals surface area contributed by atoms with Crippen LogP contribution in [0.5, 0.6) is 17.2 Å². The summed E-state index contributed by atoms with van der Waals surface area (Å²) in [4.78, 5) is 0. The van der Waals surface area contributed by atoms with E-state index in [1.54, 1.807) is 7.11 Å². The van der Waals surface area contributed by atoms with Crippen LogP contribution in [0.25, 0.3) is 0 Å². The number of hydrogen-bond donors (Lipinski definition) is 0. The van der Waals surface area contributed by atoms with Crippen LogP contribution in [0.1, 0.15) is 5.56 Å². The van der Waals surface area contributed by atoms with Crippen molar-refractivity contribution in [1.82, 2.24) is 0 Å². The Morgan fingerprint density at radius 2 is 1.62 bits per heavy atom. The van der Waals surface area contributed by atoms with E-state index in [1.807, 2.05) is 42.5 Å². The van der Waals surface area contributed by atoms with Gasteiger partial charge in [-0.25, -0.2) is 0 Å². The zero-order chi connectivity index (χ0) is 15.1. The molecule has 0 aliphatic heterocycles. The maximum atomic E-state index is 5.91. The Morgan fingerprint density at radius 3 is 2.29 bits per heavy atom. The van der Waals surface area contributed by atoms with E-state index in [-0.39, 0.29) is 0 Å². The summed E-state index contributed by atoms with van der Waals surface area (Å²) in [6.45, 7) is 0.918. The first-order chi connectivity index (χ1) is 10.2. The summed E-state index contributed by atoms with van der Waals surface area (Å²) >= 11 is 9.30. The van der Waals surface area contributed by atoms with Crippen molar-refractivity contribution >= 4 is 27.5 Å². The van der Waals surface area contributed by atoms with Gasteiger partial charge in [-0.1, -0.05) is 15.9 Å². The molecule has 0 radical (unpaired) electrons. The lowest BCUT2D eigenvalue weighted by Crippen LogP contribution is -2.09. The fourth-order valence-corrected chi connectivity index (χ4v) is 2.24. The summed E-state index contributed by atoms with van der Waals surface area (Å²) in [6.07, 6.45) is 0. The Labute approximate surface area is 137 Å². The maximum absolute atomic E-state index is 5.91. The number of halogens is 2. The van der Waals surface area contributed by atoms with Crippen LogP contribution in [0.15, 0.2) is 46.9 Å². The Kier molecular flexibility index (Phi) is 6.21. The molecule has 0 N–H and O–H groups in total. The highest BCUT2D eigenvalue weighted by Gasteiger charge is 2.05. The third-order valence-corrected chi connectivity index (χ3v) is 3.65. The van der Waals surface area contributed by atoms with Crippen molar-refractivity contribution < 1.29 is 14.2 Å². The molecule has 0 atom stereocenters. The van der Waals surface area contributed by atoms with Crippen LogP contribution in [0.3, 0.4) is 0 Å². The van der Waals surface area contributed by atoms with E-state index in [0.717, 1.165) is 27.3 Å². The van der Waals surface area contributed by atoms with Crippen LogP contribution in [0.4, 0.5) is 0 Å². The normalized spacial score (nSPS) is 10.2. The minimum atomic E-state index is 0.375. The van der Waals surface area contributed by atoms with Gasteiger partial charge >= 0.3 is 0 Å². The molecular weight excluding hydrogens is 356 g/mol. The van der Waals surface area contributed by atoms with Gasteiger partial charge in [-0.15, -0.1) is 11.6 Å². The molecule has 0 heterocycles. The van der Waals surface area contributed by atoms with Gasteiger partial charge < -0.3 is 14.2 Å². The average Bonchev–Trinajstić information content (AvgIpc) is 2.53. The smallest absolute Gasteiger partial charge is 0.124 e. The number of alkyl halides is 1. The maximum Gasteiger partial charge on any atom is 0.124 e. The molecular formula is C16H16BrClO3. The topological polar surface area (TPSA) is 27.7 Å². The summed E-state index contributed by atoms with van der Waals surface area (Å²) in [5, 5.41) is 0. The van der Waals surface area contributed by atoms with Crippen molar-refractivity contribution in [3.05, 3.63) is 52.5 Å². The lowest BCUT2D eigenvalue weighted by Gasteiger charge is -2.12. The van der Waals surface area contributed by atoms with Gasteiger partial charge in [0.25, 0.3) is 0 Å². The highest BCUT2D eigenvalue weighted by molar-refractivity contribution is 9.10. The monoisotopic (exact) mass is 370 g/mol.